The Bertz CT molecular complexity index is 1040. The van der Waals surface area contributed by atoms with Crippen LogP contribution in [0.5, 0.6) is 0 Å². The summed E-state index contributed by atoms with van der Waals surface area (Å²) in [6, 6.07) is 11.0. The number of benzene rings is 1. The lowest BCUT2D eigenvalue weighted by molar-refractivity contribution is -0.383. The fraction of sp³-hybridized carbons (Fsp3) is 0.333. The molecule has 8 heteroatoms. The molecule has 1 N–H and O–H groups in total. The van der Waals surface area contributed by atoms with Crippen molar-refractivity contribution in [2.75, 3.05) is 29.9 Å². The molecule has 0 aliphatic carbocycles. The van der Waals surface area contributed by atoms with Gasteiger partial charge in [0, 0.05) is 48.7 Å². The highest BCUT2D eigenvalue weighted by Crippen LogP contribution is 2.30. The van der Waals surface area contributed by atoms with E-state index < -0.39 is 4.92 Å². The van der Waals surface area contributed by atoms with Gasteiger partial charge in [-0.2, -0.15) is 0 Å². The largest absolute Gasteiger partial charge is 0.380 e. The number of nitro benzene ring substituents is 1. The summed E-state index contributed by atoms with van der Waals surface area (Å²) in [5.41, 5.74) is 2.99. The molecule has 4 rings (SSSR count). The van der Waals surface area contributed by atoms with Gasteiger partial charge in [-0.1, -0.05) is 18.2 Å². The second-order valence-corrected chi connectivity index (χ2v) is 7.25. The average Bonchev–Trinajstić information content (AvgIpc) is 2.71. The van der Waals surface area contributed by atoms with Gasteiger partial charge in [0.2, 0.25) is 0 Å². The first-order chi connectivity index (χ1) is 14.0. The third-order valence-electron chi connectivity index (χ3n) is 5.00. The Morgan fingerprint density at radius 1 is 1.34 bits per heavy atom. The van der Waals surface area contributed by atoms with Crippen LogP contribution in [-0.4, -0.2) is 40.7 Å². The number of hydrogen-bond donors (Lipinski definition) is 1. The number of nitrogens with one attached hydrogen (secondary N) is 1. The van der Waals surface area contributed by atoms with E-state index in [-0.39, 0.29) is 11.8 Å². The number of aromatic nitrogens is 2. The number of hydrogen-bond acceptors (Lipinski definition) is 7. The van der Waals surface area contributed by atoms with Gasteiger partial charge in [0.15, 0.2) is 5.52 Å². The molecule has 1 aliphatic heterocycles. The number of non-ortho nitro benzene ring substituents is 1. The van der Waals surface area contributed by atoms with Gasteiger partial charge in [-0.25, -0.2) is 9.97 Å². The number of fused-ring (bicyclic) bond motifs is 1. The number of rotatable bonds is 5. The Morgan fingerprint density at radius 3 is 2.93 bits per heavy atom. The number of anilines is 2. The molecule has 0 radical (unpaired) electrons. The minimum Gasteiger partial charge on any atom is -0.380 e. The van der Waals surface area contributed by atoms with E-state index in [1.54, 1.807) is 6.07 Å². The minimum atomic E-state index is -0.395. The summed E-state index contributed by atoms with van der Waals surface area (Å²) in [5, 5.41) is 15.4. The van der Waals surface area contributed by atoms with Crippen molar-refractivity contribution in [3.63, 3.8) is 0 Å². The van der Waals surface area contributed by atoms with Crippen molar-refractivity contribution in [2.24, 2.45) is 0 Å². The van der Waals surface area contributed by atoms with Crippen molar-refractivity contribution in [3.8, 4) is 0 Å². The van der Waals surface area contributed by atoms with E-state index in [9.17, 15) is 10.1 Å². The number of aryl methyl sites for hydroxylation is 1. The molecular weight excluding hydrogens is 370 g/mol. The van der Waals surface area contributed by atoms with E-state index in [1.165, 1.54) is 6.07 Å². The van der Waals surface area contributed by atoms with Crippen LogP contribution >= 0.6 is 0 Å². The van der Waals surface area contributed by atoms with Crippen LogP contribution in [0.15, 0.2) is 42.6 Å². The van der Waals surface area contributed by atoms with E-state index in [0.717, 1.165) is 41.2 Å². The molecule has 1 fully saturated rings. The number of nitro groups is 1. The molecule has 1 saturated heterocycles. The van der Waals surface area contributed by atoms with Crippen LogP contribution in [0, 0.1) is 17.0 Å². The Labute approximate surface area is 168 Å². The summed E-state index contributed by atoms with van der Waals surface area (Å²) in [6.45, 7) is 6.86. The topological polar surface area (TPSA) is 93.4 Å². The van der Waals surface area contributed by atoms with Gasteiger partial charge in [0.05, 0.1) is 17.6 Å². The standard InChI is InChI=1S/C21H23N5O3/c1-14-10-18(17-4-3-5-19(26(27)28)21(17)24-14)22-11-16-6-7-20(23-12-16)25-8-9-29-15(2)13-25/h3-7,10,12,15H,8-9,11,13H2,1-2H3,(H,22,24). The first kappa shape index (κ1) is 19.1. The maximum absolute atomic E-state index is 11.3. The lowest BCUT2D eigenvalue weighted by atomic mass is 10.1. The second-order valence-electron chi connectivity index (χ2n) is 7.25. The zero-order valence-corrected chi connectivity index (χ0v) is 16.5. The second kappa shape index (κ2) is 8.00. The molecule has 0 amide bonds. The fourth-order valence-corrected chi connectivity index (χ4v) is 3.59. The van der Waals surface area contributed by atoms with Gasteiger partial charge in [-0.05, 0) is 31.5 Å². The van der Waals surface area contributed by atoms with E-state index in [1.807, 2.05) is 37.4 Å². The Morgan fingerprint density at radius 2 is 2.21 bits per heavy atom. The van der Waals surface area contributed by atoms with E-state index in [0.29, 0.717) is 18.7 Å². The highest BCUT2D eigenvalue weighted by atomic mass is 16.6. The highest BCUT2D eigenvalue weighted by molar-refractivity contribution is 5.96. The summed E-state index contributed by atoms with van der Waals surface area (Å²) in [7, 11) is 0. The van der Waals surface area contributed by atoms with Crippen molar-refractivity contribution < 1.29 is 9.66 Å². The van der Waals surface area contributed by atoms with Crippen molar-refractivity contribution in [1.82, 2.24) is 9.97 Å². The Hall–Kier alpha value is -3.26. The van der Waals surface area contributed by atoms with E-state index >= 15 is 0 Å². The molecule has 0 bridgehead atoms. The number of para-hydroxylation sites is 1. The number of ether oxygens (including phenoxy) is 1. The van der Waals surface area contributed by atoms with Gasteiger partial charge < -0.3 is 15.0 Å². The molecule has 1 aliphatic rings. The summed E-state index contributed by atoms with van der Waals surface area (Å²) >= 11 is 0. The van der Waals surface area contributed by atoms with Crippen molar-refractivity contribution in [3.05, 3.63) is 64.0 Å². The van der Waals surface area contributed by atoms with Gasteiger partial charge in [0.25, 0.3) is 5.69 Å². The number of morpholine rings is 1. The fourth-order valence-electron chi connectivity index (χ4n) is 3.59. The van der Waals surface area contributed by atoms with Crippen LogP contribution in [0.25, 0.3) is 10.9 Å². The monoisotopic (exact) mass is 393 g/mol. The maximum atomic E-state index is 11.3. The van der Waals surface area contributed by atoms with E-state index in [2.05, 4.69) is 27.1 Å². The number of pyridine rings is 2. The molecule has 3 aromatic rings. The Kier molecular flexibility index (Phi) is 5.26. The van der Waals surface area contributed by atoms with Crippen LogP contribution in [0.4, 0.5) is 17.2 Å². The lowest BCUT2D eigenvalue weighted by Crippen LogP contribution is -2.41. The van der Waals surface area contributed by atoms with Crippen LogP contribution < -0.4 is 10.2 Å². The molecular formula is C21H23N5O3. The van der Waals surface area contributed by atoms with Crippen molar-refractivity contribution in [1.29, 1.82) is 0 Å². The van der Waals surface area contributed by atoms with Crippen LogP contribution in [0.1, 0.15) is 18.2 Å². The smallest absolute Gasteiger partial charge is 0.295 e. The first-order valence-electron chi connectivity index (χ1n) is 9.61. The Balaban J connectivity index is 1.52. The molecule has 1 atom stereocenters. The molecule has 1 aromatic carbocycles. The molecule has 1 unspecified atom stereocenters. The van der Waals surface area contributed by atoms with Gasteiger partial charge >= 0.3 is 0 Å². The predicted octanol–water partition coefficient (Wildman–Crippen LogP) is 3.68. The number of nitrogens with zero attached hydrogens (tertiary/aromatic N) is 4. The van der Waals surface area contributed by atoms with Crippen LogP contribution in [0.3, 0.4) is 0 Å². The third kappa shape index (κ3) is 4.12. The molecule has 0 saturated carbocycles. The molecule has 150 valence electrons. The molecule has 29 heavy (non-hydrogen) atoms. The lowest BCUT2D eigenvalue weighted by Gasteiger charge is -2.32. The third-order valence-corrected chi connectivity index (χ3v) is 5.00. The average molecular weight is 393 g/mol. The highest BCUT2D eigenvalue weighted by Gasteiger charge is 2.18. The summed E-state index contributed by atoms with van der Waals surface area (Å²) in [5.74, 6) is 0.949. The van der Waals surface area contributed by atoms with Crippen molar-refractivity contribution >= 4 is 28.1 Å². The molecule has 0 spiro atoms. The van der Waals surface area contributed by atoms with E-state index in [4.69, 9.17) is 4.74 Å². The molecule has 2 aromatic heterocycles. The maximum Gasteiger partial charge on any atom is 0.295 e. The summed E-state index contributed by atoms with van der Waals surface area (Å²) in [6.07, 6.45) is 2.07. The molecule has 8 nitrogen and oxygen atoms in total. The quantitative estimate of drug-likeness (QED) is 0.522. The SMILES string of the molecule is Cc1cc(NCc2ccc(N3CCOC(C)C3)nc2)c2cccc([N+](=O)[O-])c2n1. The molecule has 3 heterocycles. The van der Waals surface area contributed by atoms with Crippen LogP contribution in [0.2, 0.25) is 0 Å². The zero-order valence-electron chi connectivity index (χ0n) is 16.5. The van der Waals surface area contributed by atoms with Gasteiger partial charge in [-0.3, -0.25) is 10.1 Å². The van der Waals surface area contributed by atoms with Gasteiger partial charge in [0.1, 0.15) is 5.82 Å². The van der Waals surface area contributed by atoms with Crippen LogP contribution in [-0.2, 0) is 11.3 Å². The summed E-state index contributed by atoms with van der Waals surface area (Å²) in [4.78, 5) is 22.1. The summed E-state index contributed by atoms with van der Waals surface area (Å²) < 4.78 is 5.58. The minimum absolute atomic E-state index is 0.0139. The first-order valence-corrected chi connectivity index (χ1v) is 9.61. The zero-order chi connectivity index (χ0) is 20.4. The predicted molar refractivity (Wildman–Crippen MR) is 112 cm³/mol. The van der Waals surface area contributed by atoms with Crippen molar-refractivity contribution in [2.45, 2.75) is 26.5 Å². The normalized spacial score (nSPS) is 16.8. The van der Waals surface area contributed by atoms with Gasteiger partial charge in [-0.15, -0.1) is 0 Å².